The third-order valence-electron chi connectivity index (χ3n) is 4.48. The van der Waals surface area contributed by atoms with E-state index in [-0.39, 0.29) is 17.9 Å². The van der Waals surface area contributed by atoms with Crippen molar-refractivity contribution in [2.24, 2.45) is 11.0 Å². The van der Waals surface area contributed by atoms with Crippen LogP contribution in [0, 0.1) is 5.92 Å². The number of hydrogen-bond acceptors (Lipinski definition) is 3. The summed E-state index contributed by atoms with van der Waals surface area (Å²) < 4.78 is 0.901. The standard InChI is InChI=1S/C21H18BrClN2O3/c1-2-19-18(20(26)25(24-19)17-9-5-15(22)6-10-17)12-14(21(27)28)11-13-3-7-16(23)8-4-13/h3-11,18H,2,12H2,1H3,(H,27,28). The summed E-state index contributed by atoms with van der Waals surface area (Å²) in [7, 11) is 0. The summed E-state index contributed by atoms with van der Waals surface area (Å²) in [6.07, 6.45) is 2.22. The maximum absolute atomic E-state index is 13.0. The summed E-state index contributed by atoms with van der Waals surface area (Å²) in [4.78, 5) is 24.8. The lowest BCUT2D eigenvalue weighted by Gasteiger charge is -2.15. The molecule has 1 unspecified atom stereocenters. The maximum atomic E-state index is 13.0. The molecule has 1 aliphatic heterocycles. The van der Waals surface area contributed by atoms with E-state index in [1.807, 2.05) is 19.1 Å². The van der Waals surface area contributed by atoms with E-state index in [1.54, 1.807) is 42.5 Å². The molecule has 2 aromatic carbocycles. The Morgan fingerprint density at radius 1 is 1.21 bits per heavy atom. The van der Waals surface area contributed by atoms with Crippen molar-refractivity contribution in [1.82, 2.24) is 0 Å². The topological polar surface area (TPSA) is 70.0 Å². The molecule has 1 N–H and O–H groups in total. The molecule has 0 saturated carbocycles. The first-order valence-electron chi connectivity index (χ1n) is 8.75. The molecule has 1 amide bonds. The van der Waals surface area contributed by atoms with Crippen LogP contribution in [0.4, 0.5) is 5.69 Å². The summed E-state index contributed by atoms with van der Waals surface area (Å²) in [6, 6.07) is 14.1. The molecular weight excluding hydrogens is 444 g/mol. The first-order chi connectivity index (χ1) is 13.4. The lowest BCUT2D eigenvalue weighted by Crippen LogP contribution is -2.28. The Morgan fingerprint density at radius 3 is 2.43 bits per heavy atom. The number of nitrogens with zero attached hydrogens (tertiary/aromatic N) is 2. The fourth-order valence-corrected chi connectivity index (χ4v) is 3.41. The summed E-state index contributed by atoms with van der Waals surface area (Å²) in [5.74, 6) is -1.87. The van der Waals surface area contributed by atoms with Gasteiger partial charge in [0.15, 0.2) is 0 Å². The number of hydrazone groups is 1. The van der Waals surface area contributed by atoms with E-state index in [1.165, 1.54) is 5.01 Å². The fraction of sp³-hybridized carbons (Fsp3) is 0.190. The van der Waals surface area contributed by atoms with Crippen LogP contribution in [-0.4, -0.2) is 22.7 Å². The number of carboxylic acid groups (broad SMARTS) is 1. The van der Waals surface area contributed by atoms with E-state index in [0.717, 1.165) is 4.47 Å². The van der Waals surface area contributed by atoms with Gasteiger partial charge in [-0.25, -0.2) is 9.80 Å². The van der Waals surface area contributed by atoms with Crippen LogP contribution < -0.4 is 5.01 Å². The minimum atomic E-state index is -1.06. The normalized spacial score (nSPS) is 17.0. The number of carbonyl (C=O) groups is 2. The van der Waals surface area contributed by atoms with Crippen molar-refractivity contribution < 1.29 is 14.7 Å². The average molecular weight is 462 g/mol. The smallest absolute Gasteiger partial charge is 0.331 e. The predicted molar refractivity (Wildman–Crippen MR) is 115 cm³/mol. The first kappa shape index (κ1) is 20.3. The van der Waals surface area contributed by atoms with Crippen LogP contribution in [-0.2, 0) is 9.59 Å². The Kier molecular flexibility index (Phi) is 6.31. The van der Waals surface area contributed by atoms with Crippen molar-refractivity contribution in [3.8, 4) is 0 Å². The second-order valence-corrected chi connectivity index (χ2v) is 7.71. The van der Waals surface area contributed by atoms with Crippen LogP contribution in [0.15, 0.2) is 63.7 Å². The first-order valence-corrected chi connectivity index (χ1v) is 9.92. The van der Waals surface area contributed by atoms with Crippen molar-refractivity contribution in [3.05, 3.63) is 69.2 Å². The number of carbonyl (C=O) groups excluding carboxylic acids is 1. The van der Waals surface area contributed by atoms with Gasteiger partial charge in [0, 0.05) is 15.1 Å². The van der Waals surface area contributed by atoms with Crippen LogP contribution >= 0.6 is 27.5 Å². The summed E-state index contributed by atoms with van der Waals surface area (Å²) in [6.45, 7) is 1.91. The van der Waals surface area contributed by atoms with Crippen LogP contribution in [0.25, 0.3) is 6.08 Å². The molecular formula is C21H18BrClN2O3. The maximum Gasteiger partial charge on any atom is 0.331 e. The molecule has 7 heteroatoms. The zero-order valence-corrected chi connectivity index (χ0v) is 17.4. The van der Waals surface area contributed by atoms with Crippen molar-refractivity contribution in [2.75, 3.05) is 5.01 Å². The van der Waals surface area contributed by atoms with Crippen LogP contribution in [0.3, 0.4) is 0 Å². The Labute approximate surface area is 176 Å². The van der Waals surface area contributed by atoms with E-state index < -0.39 is 11.9 Å². The Morgan fingerprint density at radius 2 is 1.86 bits per heavy atom. The molecule has 28 heavy (non-hydrogen) atoms. The number of halogens is 2. The quantitative estimate of drug-likeness (QED) is 0.586. The summed E-state index contributed by atoms with van der Waals surface area (Å²) in [5.41, 5.74) is 2.20. The van der Waals surface area contributed by atoms with Crippen molar-refractivity contribution in [2.45, 2.75) is 19.8 Å². The Bertz CT molecular complexity index is 953. The molecule has 1 atom stereocenters. The zero-order chi connectivity index (χ0) is 20.3. The number of aliphatic carboxylic acids is 1. The van der Waals surface area contributed by atoms with Crippen LogP contribution in [0.1, 0.15) is 25.3 Å². The summed E-state index contributed by atoms with van der Waals surface area (Å²) >= 11 is 9.25. The Hall–Kier alpha value is -2.44. The second-order valence-electron chi connectivity index (χ2n) is 6.35. The largest absolute Gasteiger partial charge is 0.478 e. The highest BCUT2D eigenvalue weighted by atomic mass is 79.9. The van der Waals surface area contributed by atoms with Gasteiger partial charge in [-0.2, -0.15) is 5.10 Å². The van der Waals surface area contributed by atoms with Crippen molar-refractivity contribution in [1.29, 1.82) is 0 Å². The van der Waals surface area contributed by atoms with Crippen molar-refractivity contribution >= 4 is 56.9 Å². The van der Waals surface area contributed by atoms with E-state index in [0.29, 0.717) is 28.4 Å². The SMILES string of the molecule is CCC1=NN(c2ccc(Br)cc2)C(=O)C1CC(=Cc1ccc(Cl)cc1)C(=O)O. The van der Waals surface area contributed by atoms with Gasteiger partial charge in [0.2, 0.25) is 0 Å². The predicted octanol–water partition coefficient (Wildman–Crippen LogP) is 5.39. The number of carboxylic acids is 1. The fourth-order valence-electron chi connectivity index (χ4n) is 3.02. The zero-order valence-electron chi connectivity index (χ0n) is 15.1. The number of hydrogen-bond donors (Lipinski definition) is 1. The molecule has 0 radical (unpaired) electrons. The third-order valence-corrected chi connectivity index (χ3v) is 5.26. The van der Waals surface area contributed by atoms with Gasteiger partial charge >= 0.3 is 5.97 Å². The lowest BCUT2D eigenvalue weighted by atomic mass is 9.92. The van der Waals surface area contributed by atoms with Crippen LogP contribution in [0.5, 0.6) is 0 Å². The van der Waals surface area contributed by atoms with Gasteiger partial charge in [-0.15, -0.1) is 0 Å². The molecule has 0 fully saturated rings. The van der Waals surface area contributed by atoms with E-state index in [9.17, 15) is 14.7 Å². The minimum Gasteiger partial charge on any atom is -0.478 e. The van der Waals surface area contributed by atoms with E-state index in [2.05, 4.69) is 21.0 Å². The van der Waals surface area contributed by atoms with E-state index >= 15 is 0 Å². The number of amides is 1. The Balaban J connectivity index is 1.87. The minimum absolute atomic E-state index is 0.0799. The molecule has 144 valence electrons. The molecule has 1 aliphatic rings. The highest BCUT2D eigenvalue weighted by Crippen LogP contribution is 2.30. The molecule has 0 saturated heterocycles. The molecule has 0 aliphatic carbocycles. The average Bonchev–Trinajstić information content (AvgIpc) is 2.99. The van der Waals surface area contributed by atoms with Gasteiger partial charge in [0.25, 0.3) is 5.91 Å². The summed E-state index contributed by atoms with van der Waals surface area (Å²) in [5, 5.41) is 16.0. The molecule has 0 bridgehead atoms. The molecule has 2 aromatic rings. The second kappa shape index (κ2) is 8.71. The molecule has 1 heterocycles. The van der Waals surface area contributed by atoms with Gasteiger partial charge in [0.1, 0.15) is 0 Å². The van der Waals surface area contributed by atoms with Gasteiger partial charge < -0.3 is 5.11 Å². The molecule has 0 aromatic heterocycles. The third kappa shape index (κ3) is 4.51. The van der Waals surface area contributed by atoms with Gasteiger partial charge in [0.05, 0.1) is 17.3 Å². The number of rotatable bonds is 6. The lowest BCUT2D eigenvalue weighted by molar-refractivity contribution is -0.132. The highest BCUT2D eigenvalue weighted by Gasteiger charge is 2.37. The van der Waals surface area contributed by atoms with E-state index in [4.69, 9.17) is 11.6 Å². The number of anilines is 1. The van der Waals surface area contributed by atoms with Gasteiger partial charge in [-0.1, -0.05) is 46.6 Å². The monoisotopic (exact) mass is 460 g/mol. The molecule has 3 rings (SSSR count). The molecule has 0 spiro atoms. The number of benzene rings is 2. The van der Waals surface area contributed by atoms with Crippen molar-refractivity contribution in [3.63, 3.8) is 0 Å². The van der Waals surface area contributed by atoms with Crippen LogP contribution in [0.2, 0.25) is 5.02 Å². The van der Waals surface area contributed by atoms with Gasteiger partial charge in [-0.3, -0.25) is 4.79 Å². The molecule has 5 nitrogen and oxygen atoms in total. The highest BCUT2D eigenvalue weighted by molar-refractivity contribution is 9.10. The van der Waals surface area contributed by atoms with Gasteiger partial charge in [-0.05, 0) is 60.9 Å².